The Morgan fingerprint density at radius 2 is 1.57 bits per heavy atom. The molecule has 1 heterocycles. The Morgan fingerprint density at radius 3 is 2.24 bits per heavy atom. The van der Waals surface area contributed by atoms with Crippen LogP contribution in [0.25, 0.3) is 0 Å². The second-order valence-electron chi connectivity index (χ2n) is 5.49. The van der Waals surface area contributed by atoms with Crippen molar-refractivity contribution in [3.8, 4) is 0 Å². The molecule has 1 aliphatic rings. The number of nitrogens with zero attached hydrogens (tertiary/aromatic N) is 1. The lowest BCUT2D eigenvalue weighted by atomic mass is 10.2. The van der Waals surface area contributed by atoms with Crippen LogP contribution >= 0.6 is 0 Å². The highest BCUT2D eigenvalue weighted by atomic mass is 32.2. The van der Waals surface area contributed by atoms with Crippen molar-refractivity contribution in [3.05, 3.63) is 66.2 Å². The van der Waals surface area contributed by atoms with Gasteiger partial charge in [0.25, 0.3) is 0 Å². The molecule has 3 nitrogen and oxygen atoms in total. The first-order valence-corrected chi connectivity index (χ1v) is 8.76. The third kappa shape index (κ3) is 3.17. The van der Waals surface area contributed by atoms with Crippen LogP contribution in [0.4, 0.5) is 0 Å². The lowest BCUT2D eigenvalue weighted by molar-refractivity contribution is 0.331. The fourth-order valence-corrected chi connectivity index (χ4v) is 4.58. The van der Waals surface area contributed by atoms with E-state index in [2.05, 4.69) is 17.0 Å². The second kappa shape index (κ2) is 6.00. The summed E-state index contributed by atoms with van der Waals surface area (Å²) in [7, 11) is -3.21. The molecule has 1 saturated heterocycles. The molecule has 4 heteroatoms. The predicted octanol–water partition coefficient (Wildman–Crippen LogP) is 2.73. The Balaban J connectivity index is 1.70. The number of hydrogen-bond acceptors (Lipinski definition) is 3. The van der Waals surface area contributed by atoms with Gasteiger partial charge >= 0.3 is 0 Å². The zero-order valence-corrected chi connectivity index (χ0v) is 12.7. The summed E-state index contributed by atoms with van der Waals surface area (Å²) in [6, 6.07) is 19.0. The summed E-state index contributed by atoms with van der Waals surface area (Å²) >= 11 is 0. The average Bonchev–Trinajstić information content (AvgIpc) is 2.98. The third-order valence-electron chi connectivity index (χ3n) is 3.99. The van der Waals surface area contributed by atoms with Crippen molar-refractivity contribution < 1.29 is 8.42 Å². The molecule has 1 aliphatic heterocycles. The normalized spacial score (nSPS) is 19.7. The number of rotatable bonds is 4. The van der Waals surface area contributed by atoms with Gasteiger partial charge in [-0.25, -0.2) is 8.42 Å². The molecule has 3 rings (SSSR count). The SMILES string of the molecule is O=S(=O)(c1ccccc1)[C@@H]1CCN(Cc2ccccc2)C1. The standard InChI is InChI=1S/C17H19NO2S/c19-21(20,16-9-5-2-6-10-16)17-11-12-18(14-17)13-15-7-3-1-4-8-15/h1-10,17H,11-14H2/t17-/m1/s1. The minimum absolute atomic E-state index is 0.288. The first-order valence-electron chi connectivity index (χ1n) is 7.21. The Morgan fingerprint density at radius 1 is 0.952 bits per heavy atom. The first-order chi connectivity index (χ1) is 10.2. The van der Waals surface area contributed by atoms with Crippen molar-refractivity contribution in [2.45, 2.75) is 23.1 Å². The molecule has 1 atom stereocenters. The van der Waals surface area contributed by atoms with Crippen LogP contribution in [0, 0.1) is 0 Å². The molecule has 0 radical (unpaired) electrons. The zero-order chi connectivity index (χ0) is 14.7. The van der Waals surface area contributed by atoms with Crippen LogP contribution in [0.1, 0.15) is 12.0 Å². The lowest BCUT2D eigenvalue weighted by Gasteiger charge is -2.16. The van der Waals surface area contributed by atoms with Crippen molar-refractivity contribution in [1.29, 1.82) is 0 Å². The van der Waals surface area contributed by atoms with E-state index in [1.807, 2.05) is 24.3 Å². The summed E-state index contributed by atoms with van der Waals surface area (Å²) in [6.07, 6.45) is 0.712. The molecule has 0 bridgehead atoms. The van der Waals surface area contributed by atoms with Gasteiger partial charge in [-0.3, -0.25) is 4.90 Å². The van der Waals surface area contributed by atoms with Crippen LogP contribution in [0.15, 0.2) is 65.6 Å². The molecule has 2 aromatic rings. The number of likely N-dealkylation sites (tertiary alicyclic amines) is 1. The molecule has 110 valence electrons. The Hall–Kier alpha value is -1.65. The van der Waals surface area contributed by atoms with E-state index in [0.717, 1.165) is 13.1 Å². The van der Waals surface area contributed by atoms with Crippen LogP contribution < -0.4 is 0 Å². The van der Waals surface area contributed by atoms with Gasteiger partial charge in [0, 0.05) is 13.1 Å². The molecule has 21 heavy (non-hydrogen) atoms. The Bertz CT molecular complexity index is 683. The van der Waals surface area contributed by atoms with Crippen molar-refractivity contribution in [3.63, 3.8) is 0 Å². The van der Waals surface area contributed by atoms with Crippen LogP contribution in [0.5, 0.6) is 0 Å². The van der Waals surface area contributed by atoms with Crippen molar-refractivity contribution in [2.24, 2.45) is 0 Å². The van der Waals surface area contributed by atoms with Crippen molar-refractivity contribution in [1.82, 2.24) is 4.90 Å². The predicted molar refractivity (Wildman–Crippen MR) is 83.8 cm³/mol. The number of hydrogen-bond donors (Lipinski definition) is 0. The minimum Gasteiger partial charge on any atom is -0.298 e. The van der Waals surface area contributed by atoms with E-state index in [4.69, 9.17) is 0 Å². The quantitative estimate of drug-likeness (QED) is 0.871. The van der Waals surface area contributed by atoms with Crippen molar-refractivity contribution in [2.75, 3.05) is 13.1 Å². The van der Waals surface area contributed by atoms with Crippen molar-refractivity contribution >= 4 is 9.84 Å². The van der Waals surface area contributed by atoms with Gasteiger partial charge in [-0.15, -0.1) is 0 Å². The molecule has 0 amide bonds. The highest BCUT2D eigenvalue weighted by Crippen LogP contribution is 2.24. The first kappa shape index (κ1) is 14.3. The van der Waals surface area contributed by atoms with Crippen LogP contribution in [0.2, 0.25) is 0 Å². The lowest BCUT2D eigenvalue weighted by Crippen LogP contribution is -2.26. The molecule has 0 N–H and O–H groups in total. The molecular formula is C17H19NO2S. The van der Waals surface area contributed by atoms with Gasteiger partial charge in [0.15, 0.2) is 9.84 Å². The summed E-state index contributed by atoms with van der Waals surface area (Å²) in [5.41, 5.74) is 1.23. The van der Waals surface area contributed by atoms with Crippen LogP contribution in [-0.4, -0.2) is 31.7 Å². The largest absolute Gasteiger partial charge is 0.298 e. The van der Waals surface area contributed by atoms with E-state index in [1.165, 1.54) is 5.56 Å². The zero-order valence-electron chi connectivity index (χ0n) is 11.9. The fourth-order valence-electron chi connectivity index (χ4n) is 2.84. The maximum atomic E-state index is 12.6. The maximum absolute atomic E-state index is 12.6. The van der Waals surface area contributed by atoms with E-state index in [0.29, 0.717) is 17.9 Å². The number of benzene rings is 2. The fraction of sp³-hybridized carbons (Fsp3) is 0.294. The highest BCUT2D eigenvalue weighted by Gasteiger charge is 2.33. The summed E-state index contributed by atoms with van der Waals surface area (Å²) < 4.78 is 25.2. The summed E-state index contributed by atoms with van der Waals surface area (Å²) in [5, 5.41) is -0.288. The topological polar surface area (TPSA) is 37.4 Å². The molecule has 0 aliphatic carbocycles. The van der Waals surface area contributed by atoms with Gasteiger partial charge in [-0.05, 0) is 30.7 Å². The smallest absolute Gasteiger partial charge is 0.182 e. The molecule has 0 aromatic heterocycles. The second-order valence-corrected chi connectivity index (χ2v) is 7.72. The monoisotopic (exact) mass is 301 g/mol. The number of sulfone groups is 1. The van der Waals surface area contributed by atoms with Crippen LogP contribution in [-0.2, 0) is 16.4 Å². The van der Waals surface area contributed by atoms with E-state index in [1.54, 1.807) is 24.3 Å². The third-order valence-corrected chi connectivity index (χ3v) is 6.18. The summed E-state index contributed by atoms with van der Waals surface area (Å²) in [4.78, 5) is 2.66. The maximum Gasteiger partial charge on any atom is 0.182 e. The molecule has 1 fully saturated rings. The summed E-state index contributed by atoms with van der Waals surface area (Å²) in [5.74, 6) is 0. The Labute approximate surface area is 126 Å². The van der Waals surface area contributed by atoms with Gasteiger partial charge in [0.05, 0.1) is 10.1 Å². The van der Waals surface area contributed by atoms with Gasteiger partial charge in [-0.1, -0.05) is 48.5 Å². The molecular weight excluding hydrogens is 282 g/mol. The molecule has 0 unspecified atom stereocenters. The minimum atomic E-state index is -3.21. The molecule has 0 spiro atoms. The molecule has 0 saturated carbocycles. The van der Waals surface area contributed by atoms with E-state index in [9.17, 15) is 8.42 Å². The van der Waals surface area contributed by atoms with Gasteiger partial charge in [0.1, 0.15) is 0 Å². The van der Waals surface area contributed by atoms with E-state index in [-0.39, 0.29) is 5.25 Å². The Kier molecular flexibility index (Phi) is 4.08. The average molecular weight is 301 g/mol. The van der Waals surface area contributed by atoms with Gasteiger partial charge in [0.2, 0.25) is 0 Å². The highest BCUT2D eigenvalue weighted by molar-refractivity contribution is 7.92. The molecule has 2 aromatic carbocycles. The summed E-state index contributed by atoms with van der Waals surface area (Å²) in [6.45, 7) is 2.28. The van der Waals surface area contributed by atoms with Crippen LogP contribution in [0.3, 0.4) is 0 Å². The van der Waals surface area contributed by atoms with E-state index < -0.39 is 9.84 Å². The van der Waals surface area contributed by atoms with E-state index >= 15 is 0 Å². The van der Waals surface area contributed by atoms with Gasteiger partial charge < -0.3 is 0 Å². The van der Waals surface area contributed by atoms with Gasteiger partial charge in [-0.2, -0.15) is 0 Å².